The van der Waals surface area contributed by atoms with Crippen LogP contribution in [0.3, 0.4) is 0 Å². The fraction of sp³-hybridized carbons (Fsp3) is 0.429. The molecule has 32 heavy (non-hydrogen) atoms. The number of carbonyl (C=O) groups is 1. The summed E-state index contributed by atoms with van der Waals surface area (Å²) in [6, 6.07) is 4.12. The number of H-pyrrole nitrogens is 1. The second kappa shape index (κ2) is 7.64. The molecule has 1 aliphatic carbocycles. The van der Waals surface area contributed by atoms with Gasteiger partial charge in [0.25, 0.3) is 5.56 Å². The second-order valence-electron chi connectivity index (χ2n) is 8.71. The topological polar surface area (TPSA) is 102 Å². The van der Waals surface area contributed by atoms with Gasteiger partial charge in [0.1, 0.15) is 17.2 Å². The fourth-order valence-corrected chi connectivity index (χ4v) is 3.56. The van der Waals surface area contributed by atoms with E-state index in [-0.39, 0.29) is 23.1 Å². The van der Waals surface area contributed by atoms with Gasteiger partial charge in [0.2, 0.25) is 0 Å². The Balaban J connectivity index is 1.93. The lowest BCUT2D eigenvalue weighted by Gasteiger charge is -2.25. The molecule has 0 aliphatic heterocycles. The average molecular weight is 449 g/mol. The Hall–Kier alpha value is -3.37. The van der Waals surface area contributed by atoms with Crippen LogP contribution in [0, 0.1) is 5.92 Å². The first-order valence-electron chi connectivity index (χ1n) is 10.1. The summed E-state index contributed by atoms with van der Waals surface area (Å²) in [5.41, 5.74) is -2.83. The monoisotopic (exact) mass is 449 g/mol. The van der Waals surface area contributed by atoms with Gasteiger partial charge in [0.05, 0.1) is 28.7 Å². The van der Waals surface area contributed by atoms with E-state index >= 15 is 0 Å². The SMILES string of the molecule is CC(C)(C)OC(=O)N[C@H](c1nc2cccc(C(F)(F)F)c2c(=O)n1-c1ccn[nH]1)C1CC1. The van der Waals surface area contributed by atoms with Gasteiger partial charge in [-0.3, -0.25) is 9.89 Å². The molecule has 0 unspecified atom stereocenters. The zero-order valence-electron chi connectivity index (χ0n) is 17.7. The van der Waals surface area contributed by atoms with E-state index in [0.29, 0.717) is 0 Å². The number of ether oxygens (including phenoxy) is 1. The van der Waals surface area contributed by atoms with Crippen molar-refractivity contribution < 1.29 is 22.7 Å². The number of hydrogen-bond donors (Lipinski definition) is 2. The van der Waals surface area contributed by atoms with Crippen molar-refractivity contribution in [2.75, 3.05) is 0 Å². The van der Waals surface area contributed by atoms with Crippen molar-refractivity contribution in [3.63, 3.8) is 0 Å². The molecule has 1 aromatic carbocycles. The van der Waals surface area contributed by atoms with Crippen molar-refractivity contribution in [1.82, 2.24) is 25.1 Å². The number of aromatic amines is 1. The number of aromatic nitrogens is 4. The summed E-state index contributed by atoms with van der Waals surface area (Å²) >= 11 is 0. The van der Waals surface area contributed by atoms with Gasteiger partial charge >= 0.3 is 12.3 Å². The highest BCUT2D eigenvalue weighted by atomic mass is 19.4. The predicted octanol–water partition coefficient (Wildman–Crippen LogP) is 4.10. The Morgan fingerprint density at radius 3 is 2.53 bits per heavy atom. The van der Waals surface area contributed by atoms with Crippen molar-refractivity contribution in [3.8, 4) is 5.82 Å². The summed E-state index contributed by atoms with van der Waals surface area (Å²) in [7, 11) is 0. The number of alkyl halides is 3. The highest BCUT2D eigenvalue weighted by molar-refractivity contribution is 5.82. The van der Waals surface area contributed by atoms with E-state index in [1.165, 1.54) is 24.4 Å². The second-order valence-corrected chi connectivity index (χ2v) is 8.71. The van der Waals surface area contributed by atoms with Crippen LogP contribution in [0.5, 0.6) is 0 Å². The van der Waals surface area contributed by atoms with Crippen molar-refractivity contribution in [1.29, 1.82) is 0 Å². The molecule has 1 saturated carbocycles. The third kappa shape index (κ3) is 4.32. The maximum atomic E-state index is 13.6. The molecule has 1 atom stereocenters. The number of hydrogen-bond acceptors (Lipinski definition) is 5. The maximum Gasteiger partial charge on any atom is 0.417 e. The van der Waals surface area contributed by atoms with Gasteiger partial charge in [-0.15, -0.1) is 0 Å². The van der Waals surface area contributed by atoms with E-state index in [1.54, 1.807) is 20.8 Å². The third-order valence-corrected chi connectivity index (χ3v) is 5.00. The summed E-state index contributed by atoms with van der Waals surface area (Å²) < 4.78 is 47.3. The molecule has 4 rings (SSSR count). The molecule has 8 nitrogen and oxygen atoms in total. The summed E-state index contributed by atoms with van der Waals surface area (Å²) in [5, 5.41) is 8.63. The molecule has 0 spiro atoms. The van der Waals surface area contributed by atoms with Crippen LogP contribution >= 0.6 is 0 Å². The smallest absolute Gasteiger partial charge is 0.417 e. The predicted molar refractivity (Wildman–Crippen MR) is 109 cm³/mol. The maximum absolute atomic E-state index is 13.6. The first-order chi connectivity index (χ1) is 15.0. The lowest BCUT2D eigenvalue weighted by atomic mass is 10.1. The van der Waals surface area contributed by atoms with E-state index in [2.05, 4.69) is 20.5 Å². The molecular formula is C21H22F3N5O3. The zero-order valence-corrected chi connectivity index (χ0v) is 17.7. The molecule has 1 aliphatic rings. The van der Waals surface area contributed by atoms with Crippen molar-refractivity contribution in [2.45, 2.75) is 51.4 Å². The van der Waals surface area contributed by atoms with Crippen molar-refractivity contribution >= 4 is 17.0 Å². The highest BCUT2D eigenvalue weighted by Gasteiger charge is 2.39. The van der Waals surface area contributed by atoms with Crippen molar-refractivity contribution in [2.24, 2.45) is 5.92 Å². The van der Waals surface area contributed by atoms with E-state index in [9.17, 15) is 22.8 Å². The average Bonchev–Trinajstić information content (AvgIpc) is 3.38. The largest absolute Gasteiger partial charge is 0.444 e. The number of halogens is 3. The van der Waals surface area contributed by atoms with Gasteiger partial charge in [-0.1, -0.05) is 6.07 Å². The summed E-state index contributed by atoms with van der Waals surface area (Å²) in [4.78, 5) is 30.3. The van der Waals surface area contributed by atoms with Crippen LogP contribution in [0.4, 0.5) is 18.0 Å². The zero-order chi connectivity index (χ0) is 23.3. The number of rotatable bonds is 4. The van der Waals surface area contributed by atoms with Crippen LogP contribution in [-0.2, 0) is 10.9 Å². The summed E-state index contributed by atoms with van der Waals surface area (Å²) in [5.74, 6) is 0.222. The summed E-state index contributed by atoms with van der Waals surface area (Å²) in [6.07, 6.45) is -2.54. The molecule has 2 aromatic heterocycles. The first-order valence-corrected chi connectivity index (χ1v) is 10.1. The van der Waals surface area contributed by atoms with Crippen molar-refractivity contribution in [3.05, 3.63) is 52.2 Å². The number of alkyl carbamates (subject to hydrolysis) is 1. The molecule has 0 saturated heterocycles. The van der Waals surface area contributed by atoms with Crippen LogP contribution in [0.25, 0.3) is 16.7 Å². The van der Waals surface area contributed by atoms with E-state index in [0.717, 1.165) is 23.5 Å². The molecular weight excluding hydrogens is 427 g/mol. The van der Waals surface area contributed by atoms with E-state index < -0.39 is 40.4 Å². The molecule has 0 radical (unpaired) electrons. The Morgan fingerprint density at radius 1 is 1.25 bits per heavy atom. The quantitative estimate of drug-likeness (QED) is 0.624. The minimum atomic E-state index is -4.74. The molecule has 3 aromatic rings. The fourth-order valence-electron chi connectivity index (χ4n) is 3.56. The molecule has 11 heteroatoms. The minimum absolute atomic E-state index is 0.0353. The van der Waals surface area contributed by atoms with Crippen LogP contribution in [0.15, 0.2) is 35.3 Å². The first kappa shape index (κ1) is 21.8. The van der Waals surface area contributed by atoms with Gasteiger partial charge in [0.15, 0.2) is 0 Å². The van der Waals surface area contributed by atoms with Gasteiger partial charge < -0.3 is 10.1 Å². The summed E-state index contributed by atoms with van der Waals surface area (Å²) in [6.45, 7) is 5.14. The Morgan fingerprint density at radius 2 is 1.97 bits per heavy atom. The van der Waals surface area contributed by atoms with Gasteiger partial charge in [-0.05, 0) is 51.7 Å². The van der Waals surface area contributed by atoms with Crippen LogP contribution in [0.2, 0.25) is 0 Å². The van der Waals surface area contributed by atoms with Crippen LogP contribution in [-0.4, -0.2) is 31.4 Å². The highest BCUT2D eigenvalue weighted by Crippen LogP contribution is 2.41. The minimum Gasteiger partial charge on any atom is -0.444 e. The molecule has 2 N–H and O–H groups in total. The number of benzene rings is 1. The molecule has 2 heterocycles. The molecule has 170 valence electrons. The Bertz CT molecular complexity index is 1210. The number of fused-ring (bicyclic) bond motifs is 1. The Kier molecular flexibility index (Phi) is 5.22. The number of nitrogens with one attached hydrogen (secondary N) is 2. The van der Waals surface area contributed by atoms with Crippen LogP contribution in [0.1, 0.15) is 51.0 Å². The Labute approximate surface area is 180 Å². The normalized spacial score (nSPS) is 15.6. The number of amides is 1. The van der Waals surface area contributed by atoms with Crippen LogP contribution < -0.4 is 10.9 Å². The van der Waals surface area contributed by atoms with Gasteiger partial charge in [0, 0.05) is 6.07 Å². The van der Waals surface area contributed by atoms with Gasteiger partial charge in [-0.2, -0.15) is 18.3 Å². The molecule has 0 bridgehead atoms. The number of carbonyl (C=O) groups excluding carboxylic acids is 1. The lowest BCUT2D eigenvalue weighted by molar-refractivity contribution is -0.136. The van der Waals surface area contributed by atoms with Gasteiger partial charge in [-0.25, -0.2) is 14.3 Å². The van der Waals surface area contributed by atoms with E-state index in [1.807, 2.05) is 0 Å². The molecule has 1 amide bonds. The molecule has 1 fully saturated rings. The lowest BCUT2D eigenvalue weighted by Crippen LogP contribution is -2.39. The van der Waals surface area contributed by atoms with E-state index in [4.69, 9.17) is 4.74 Å². The number of nitrogens with zero attached hydrogens (tertiary/aromatic N) is 3. The standard InChI is InChI=1S/C21H22F3N5O3/c1-20(2,3)32-19(31)27-16(11-7-8-11)17-26-13-6-4-5-12(21(22,23)24)15(13)18(30)29(17)14-9-10-25-28-14/h4-6,9-11,16H,7-8H2,1-3H3,(H,25,28)(H,27,31)/t16-/m0/s1. The third-order valence-electron chi connectivity index (χ3n) is 5.00.